The van der Waals surface area contributed by atoms with Gasteiger partial charge in [0, 0.05) is 31.0 Å². The number of carbonyl (C=O) groups excluding carboxylic acids is 1. The molecule has 1 saturated heterocycles. The molecule has 5 nitrogen and oxygen atoms in total. The van der Waals surface area contributed by atoms with Crippen molar-refractivity contribution in [3.05, 3.63) is 65.2 Å². The van der Waals surface area contributed by atoms with Crippen LogP contribution in [0, 0.1) is 11.6 Å². The highest BCUT2D eigenvalue weighted by atomic mass is 19.1. The van der Waals surface area contributed by atoms with Gasteiger partial charge < -0.3 is 14.6 Å². The Labute approximate surface area is 173 Å². The normalized spacial score (nSPS) is 23.1. The predicted molar refractivity (Wildman–Crippen MR) is 107 cm³/mol. The van der Waals surface area contributed by atoms with Crippen molar-refractivity contribution in [3.63, 3.8) is 0 Å². The Kier molecular flexibility index (Phi) is 5.47. The number of phenolic OH excluding ortho intramolecular Hbond substituents is 1. The number of nitrogens with zero attached hydrogens (tertiary/aromatic N) is 1. The van der Waals surface area contributed by atoms with Gasteiger partial charge in [0.15, 0.2) is 17.4 Å². The maximum absolute atomic E-state index is 14.1. The number of hydrogen-bond acceptors (Lipinski definition) is 5. The smallest absolute Gasteiger partial charge is 0.320 e. The van der Waals surface area contributed by atoms with Gasteiger partial charge >= 0.3 is 5.97 Å². The molecule has 0 amide bonds. The summed E-state index contributed by atoms with van der Waals surface area (Å²) in [6.45, 7) is 2.45. The number of carbonyl (C=O) groups is 1. The van der Waals surface area contributed by atoms with Crippen LogP contribution in [-0.4, -0.2) is 41.3 Å². The number of esters is 1. The molecule has 2 aromatic carbocycles. The largest absolute Gasteiger partial charge is 0.503 e. The van der Waals surface area contributed by atoms with Crippen LogP contribution in [-0.2, 0) is 9.53 Å². The van der Waals surface area contributed by atoms with Gasteiger partial charge in [0.25, 0.3) is 0 Å². The minimum Gasteiger partial charge on any atom is -0.503 e. The van der Waals surface area contributed by atoms with E-state index in [4.69, 9.17) is 9.47 Å². The Morgan fingerprint density at radius 3 is 2.77 bits per heavy atom. The molecule has 0 bridgehead atoms. The average Bonchev–Trinajstić information content (AvgIpc) is 2.73. The Bertz CT molecular complexity index is 970. The summed E-state index contributed by atoms with van der Waals surface area (Å²) in [5.41, 5.74) is 0.645. The van der Waals surface area contributed by atoms with Gasteiger partial charge in [-0.2, -0.15) is 0 Å². The molecular weight excluding hydrogens is 392 g/mol. The van der Waals surface area contributed by atoms with Crippen molar-refractivity contribution >= 4 is 12.0 Å². The molecule has 2 aromatic rings. The number of para-hydroxylation sites is 1. The van der Waals surface area contributed by atoms with E-state index in [1.54, 1.807) is 6.92 Å². The molecular formula is C23H23F2NO4. The van der Waals surface area contributed by atoms with E-state index in [-0.39, 0.29) is 13.2 Å². The first-order valence-electron chi connectivity index (χ1n) is 9.95. The maximum atomic E-state index is 14.1. The summed E-state index contributed by atoms with van der Waals surface area (Å²) in [4.78, 5) is 13.9. The zero-order chi connectivity index (χ0) is 21.3. The van der Waals surface area contributed by atoms with Crippen LogP contribution < -0.4 is 4.74 Å². The summed E-state index contributed by atoms with van der Waals surface area (Å²) < 4.78 is 39.6. The van der Waals surface area contributed by atoms with Crippen LogP contribution >= 0.6 is 0 Å². The van der Waals surface area contributed by atoms with E-state index >= 15 is 0 Å². The van der Waals surface area contributed by atoms with E-state index in [9.17, 15) is 18.7 Å². The van der Waals surface area contributed by atoms with Gasteiger partial charge in [0.2, 0.25) is 0 Å². The standard InChI is InChI=1S/C23H23F2NO4/c1-2-29-21(27)14-26-10-9-23(8-7-15-5-3-4-6-20(15)30-23)13-19(26)16-11-17(24)22(28)18(25)12-16/h3-8,11-12,19,28H,2,9-10,13-14H2,1H3. The first-order chi connectivity index (χ1) is 14.4. The second-order valence-corrected chi connectivity index (χ2v) is 7.62. The molecule has 158 valence electrons. The molecule has 1 N–H and O–H groups in total. The number of fused-ring (bicyclic) bond motifs is 1. The topological polar surface area (TPSA) is 59.0 Å². The molecule has 7 heteroatoms. The maximum Gasteiger partial charge on any atom is 0.320 e. The molecule has 0 aliphatic carbocycles. The molecule has 2 unspecified atom stereocenters. The van der Waals surface area contributed by atoms with Crippen molar-refractivity contribution in [3.8, 4) is 11.5 Å². The second-order valence-electron chi connectivity index (χ2n) is 7.62. The number of benzene rings is 2. The van der Waals surface area contributed by atoms with Gasteiger partial charge in [-0.05, 0) is 36.8 Å². The van der Waals surface area contributed by atoms with Gasteiger partial charge in [-0.15, -0.1) is 0 Å². The molecule has 1 spiro atoms. The first-order valence-corrected chi connectivity index (χ1v) is 9.95. The van der Waals surface area contributed by atoms with E-state index in [0.29, 0.717) is 24.9 Å². The number of piperidine rings is 1. The van der Waals surface area contributed by atoms with Crippen molar-refractivity contribution in [1.29, 1.82) is 0 Å². The highest BCUT2D eigenvalue weighted by Crippen LogP contribution is 2.44. The number of likely N-dealkylation sites (tertiary alicyclic amines) is 1. The lowest BCUT2D eigenvalue weighted by Gasteiger charge is -2.46. The van der Waals surface area contributed by atoms with Crippen molar-refractivity contribution < 1.29 is 28.2 Å². The molecule has 0 radical (unpaired) electrons. The van der Waals surface area contributed by atoms with Crippen molar-refractivity contribution in [2.75, 3.05) is 19.7 Å². The van der Waals surface area contributed by atoms with E-state index in [2.05, 4.69) is 0 Å². The summed E-state index contributed by atoms with van der Waals surface area (Å²) >= 11 is 0. The number of halogens is 2. The van der Waals surface area contributed by atoms with E-state index in [0.717, 1.165) is 23.4 Å². The monoisotopic (exact) mass is 415 g/mol. The fourth-order valence-electron chi connectivity index (χ4n) is 4.16. The van der Waals surface area contributed by atoms with Crippen LogP contribution in [0.5, 0.6) is 11.5 Å². The summed E-state index contributed by atoms with van der Waals surface area (Å²) in [5, 5.41) is 9.49. The van der Waals surface area contributed by atoms with Crippen molar-refractivity contribution in [2.45, 2.75) is 31.4 Å². The molecule has 2 aliphatic heterocycles. The highest BCUT2D eigenvalue weighted by molar-refractivity contribution is 5.71. The van der Waals surface area contributed by atoms with Gasteiger partial charge in [0.05, 0.1) is 13.2 Å². The molecule has 0 saturated carbocycles. The Morgan fingerprint density at radius 2 is 2.03 bits per heavy atom. The van der Waals surface area contributed by atoms with Crippen LogP contribution in [0.15, 0.2) is 42.5 Å². The third kappa shape index (κ3) is 3.89. The first kappa shape index (κ1) is 20.3. The SMILES string of the molecule is CCOC(=O)CN1CCC2(C=Cc3ccccc3O2)CC1c1cc(F)c(O)c(F)c1. The Hall–Kier alpha value is -2.93. The quantitative estimate of drug-likeness (QED) is 0.758. The highest BCUT2D eigenvalue weighted by Gasteiger charge is 2.43. The lowest BCUT2D eigenvalue weighted by atomic mass is 9.81. The Balaban J connectivity index is 1.67. The molecule has 4 rings (SSSR count). The predicted octanol–water partition coefficient (Wildman–Crippen LogP) is 4.22. The second kappa shape index (κ2) is 8.07. The van der Waals surface area contributed by atoms with Gasteiger partial charge in [-0.25, -0.2) is 8.78 Å². The number of hydrogen-bond donors (Lipinski definition) is 1. The zero-order valence-electron chi connectivity index (χ0n) is 16.6. The molecule has 2 atom stereocenters. The van der Waals surface area contributed by atoms with Gasteiger partial charge in [-0.3, -0.25) is 9.69 Å². The summed E-state index contributed by atoms with van der Waals surface area (Å²) in [5.74, 6) is -2.73. The number of aromatic hydroxyl groups is 1. The number of ether oxygens (including phenoxy) is 2. The van der Waals surface area contributed by atoms with Crippen LogP contribution in [0.4, 0.5) is 8.78 Å². The minimum absolute atomic E-state index is 0.000990. The van der Waals surface area contributed by atoms with E-state index < -0.39 is 35.0 Å². The molecule has 2 aliphatic rings. The van der Waals surface area contributed by atoms with Gasteiger partial charge in [-0.1, -0.05) is 24.3 Å². The summed E-state index contributed by atoms with van der Waals surface area (Å²) in [6, 6.07) is 9.39. The molecule has 30 heavy (non-hydrogen) atoms. The third-order valence-corrected chi connectivity index (χ3v) is 5.66. The molecule has 0 aromatic heterocycles. The van der Waals surface area contributed by atoms with Crippen LogP contribution in [0.25, 0.3) is 6.08 Å². The average molecular weight is 415 g/mol. The zero-order valence-corrected chi connectivity index (χ0v) is 16.6. The van der Waals surface area contributed by atoms with Crippen LogP contribution in [0.3, 0.4) is 0 Å². The molecule has 1 fully saturated rings. The van der Waals surface area contributed by atoms with E-state index in [1.807, 2.05) is 41.3 Å². The van der Waals surface area contributed by atoms with Crippen molar-refractivity contribution in [2.24, 2.45) is 0 Å². The lowest BCUT2D eigenvalue weighted by Crippen LogP contribution is -2.50. The fraction of sp³-hybridized carbons (Fsp3) is 0.348. The number of phenols is 1. The fourth-order valence-corrected chi connectivity index (χ4v) is 4.16. The van der Waals surface area contributed by atoms with Gasteiger partial charge in [0.1, 0.15) is 11.4 Å². The van der Waals surface area contributed by atoms with Crippen LogP contribution in [0.2, 0.25) is 0 Å². The minimum atomic E-state index is -1.04. The molecule has 2 heterocycles. The van der Waals surface area contributed by atoms with Crippen molar-refractivity contribution in [1.82, 2.24) is 4.90 Å². The van der Waals surface area contributed by atoms with E-state index in [1.165, 1.54) is 0 Å². The summed E-state index contributed by atoms with van der Waals surface area (Å²) in [7, 11) is 0. The number of rotatable bonds is 4. The van der Waals surface area contributed by atoms with Crippen LogP contribution in [0.1, 0.15) is 36.9 Å². The third-order valence-electron chi connectivity index (χ3n) is 5.66. The lowest BCUT2D eigenvalue weighted by molar-refractivity contribution is -0.146. The Morgan fingerprint density at radius 1 is 1.30 bits per heavy atom. The summed E-state index contributed by atoms with van der Waals surface area (Å²) in [6.07, 6.45) is 4.98.